The first-order valence-corrected chi connectivity index (χ1v) is 8.78. The van der Waals surface area contributed by atoms with Crippen molar-refractivity contribution in [1.82, 2.24) is 14.8 Å². The lowest BCUT2D eigenvalue weighted by molar-refractivity contribution is -0.384. The van der Waals surface area contributed by atoms with Crippen molar-refractivity contribution in [2.45, 2.75) is 26.3 Å². The number of nitrogens with one attached hydrogen (secondary N) is 1. The van der Waals surface area contributed by atoms with Gasteiger partial charge in [0.15, 0.2) is 0 Å². The minimum atomic E-state index is -0.413. The molecule has 26 heavy (non-hydrogen) atoms. The highest BCUT2D eigenvalue weighted by Crippen LogP contribution is 2.29. The molecule has 0 fully saturated rings. The van der Waals surface area contributed by atoms with Gasteiger partial charge in [-0.2, -0.15) is 5.10 Å². The van der Waals surface area contributed by atoms with Crippen LogP contribution in [0.25, 0.3) is 11.3 Å². The molecule has 0 saturated carbocycles. The zero-order valence-electron chi connectivity index (χ0n) is 14.6. The first kappa shape index (κ1) is 18.1. The highest BCUT2D eigenvalue weighted by atomic mass is 79.9. The molecule has 2 heterocycles. The number of rotatable bonds is 4. The van der Waals surface area contributed by atoms with Crippen molar-refractivity contribution in [1.29, 1.82) is 0 Å². The van der Waals surface area contributed by atoms with Gasteiger partial charge in [0, 0.05) is 23.8 Å². The predicted octanol–water partition coefficient (Wildman–Crippen LogP) is 5.11. The molecule has 2 aromatic heterocycles. The van der Waals surface area contributed by atoms with Crippen molar-refractivity contribution in [3.8, 4) is 11.3 Å². The van der Waals surface area contributed by atoms with Crippen molar-refractivity contribution >= 4 is 33.3 Å². The number of halogens is 1. The second kappa shape index (κ2) is 6.87. The summed E-state index contributed by atoms with van der Waals surface area (Å²) >= 11 is 3.37. The lowest BCUT2D eigenvalue weighted by atomic mass is 10.1. The average molecular weight is 416 g/mol. The van der Waals surface area contributed by atoms with Gasteiger partial charge < -0.3 is 5.32 Å². The Morgan fingerprint density at radius 3 is 2.42 bits per heavy atom. The van der Waals surface area contributed by atoms with E-state index >= 15 is 0 Å². The van der Waals surface area contributed by atoms with Crippen molar-refractivity contribution in [2.75, 3.05) is 5.32 Å². The Labute approximate surface area is 159 Å². The van der Waals surface area contributed by atoms with Crippen LogP contribution in [0.4, 0.5) is 17.3 Å². The fraction of sp³-hybridized carbons (Fsp3) is 0.222. The number of nitro groups is 1. The van der Waals surface area contributed by atoms with E-state index in [2.05, 4.69) is 52.1 Å². The number of hydrogen-bond acceptors (Lipinski definition) is 5. The van der Waals surface area contributed by atoms with Gasteiger partial charge in [-0.3, -0.25) is 10.1 Å². The molecule has 0 amide bonds. The van der Waals surface area contributed by atoms with Gasteiger partial charge in [0.25, 0.3) is 5.69 Å². The first-order valence-electron chi connectivity index (χ1n) is 7.99. The molecule has 0 spiro atoms. The molecule has 0 bridgehead atoms. The third kappa shape index (κ3) is 3.91. The van der Waals surface area contributed by atoms with Gasteiger partial charge >= 0.3 is 0 Å². The molecule has 1 N–H and O–H groups in total. The molecule has 3 rings (SSSR count). The topological polar surface area (TPSA) is 85.9 Å². The summed E-state index contributed by atoms with van der Waals surface area (Å²) in [6, 6.07) is 13.9. The summed E-state index contributed by atoms with van der Waals surface area (Å²) in [6.07, 6.45) is 0. The zero-order chi connectivity index (χ0) is 18.9. The molecule has 0 aliphatic rings. The van der Waals surface area contributed by atoms with Crippen LogP contribution in [0.3, 0.4) is 0 Å². The number of hydrogen-bond donors (Lipinski definition) is 1. The zero-order valence-corrected chi connectivity index (χ0v) is 16.2. The summed E-state index contributed by atoms with van der Waals surface area (Å²) < 4.78 is 2.62. The Bertz CT molecular complexity index is 945. The minimum Gasteiger partial charge on any atom is -0.325 e. The van der Waals surface area contributed by atoms with E-state index < -0.39 is 4.92 Å². The van der Waals surface area contributed by atoms with E-state index in [1.165, 1.54) is 12.1 Å². The number of pyridine rings is 1. The fourth-order valence-corrected chi connectivity index (χ4v) is 2.83. The third-order valence-corrected chi connectivity index (χ3v) is 4.13. The lowest BCUT2D eigenvalue weighted by Gasteiger charge is -2.22. The number of aromatic nitrogens is 3. The van der Waals surface area contributed by atoms with Crippen LogP contribution >= 0.6 is 15.9 Å². The van der Waals surface area contributed by atoms with Gasteiger partial charge in [0.1, 0.15) is 16.2 Å². The largest absolute Gasteiger partial charge is 0.325 e. The van der Waals surface area contributed by atoms with Gasteiger partial charge in [0.2, 0.25) is 0 Å². The molecule has 134 valence electrons. The van der Waals surface area contributed by atoms with Gasteiger partial charge in [-0.15, -0.1) is 0 Å². The van der Waals surface area contributed by atoms with E-state index in [4.69, 9.17) is 0 Å². The molecule has 0 saturated heterocycles. The summed E-state index contributed by atoms with van der Waals surface area (Å²) in [5, 5.41) is 18.8. The van der Waals surface area contributed by atoms with Crippen LogP contribution in [-0.2, 0) is 5.54 Å². The molecule has 0 radical (unpaired) electrons. The van der Waals surface area contributed by atoms with Crippen molar-refractivity contribution in [3.63, 3.8) is 0 Å². The first-order chi connectivity index (χ1) is 12.2. The molecule has 0 unspecified atom stereocenters. The Morgan fingerprint density at radius 1 is 1.15 bits per heavy atom. The third-order valence-electron chi connectivity index (χ3n) is 3.69. The minimum absolute atomic E-state index is 0.0562. The molecule has 0 aliphatic carbocycles. The van der Waals surface area contributed by atoms with Crippen LogP contribution in [0.5, 0.6) is 0 Å². The summed E-state index contributed by atoms with van der Waals surface area (Å²) in [4.78, 5) is 14.8. The SMILES string of the molecule is CC(C)(C)n1nc(-c2ccc([N+](=O)[O-])cc2)cc1Nc1cccc(Br)n1. The quantitative estimate of drug-likeness (QED) is 0.363. The summed E-state index contributed by atoms with van der Waals surface area (Å²) in [5.41, 5.74) is 1.34. The highest BCUT2D eigenvalue weighted by Gasteiger charge is 2.21. The van der Waals surface area contributed by atoms with E-state index in [-0.39, 0.29) is 11.2 Å². The van der Waals surface area contributed by atoms with E-state index in [1.54, 1.807) is 12.1 Å². The number of anilines is 2. The lowest BCUT2D eigenvalue weighted by Crippen LogP contribution is -2.24. The Kier molecular flexibility index (Phi) is 4.78. The standard InChI is InChI=1S/C18H18BrN5O2/c1-18(2,3)23-17(21-16-6-4-5-15(19)20-16)11-14(22-23)12-7-9-13(10-8-12)24(25)26/h4-11H,1-3H3,(H,20,21). The fourth-order valence-electron chi connectivity index (χ4n) is 2.49. The molecule has 1 aromatic carbocycles. The summed E-state index contributed by atoms with van der Waals surface area (Å²) in [5.74, 6) is 1.48. The number of nitrogens with zero attached hydrogens (tertiary/aromatic N) is 4. The van der Waals surface area contributed by atoms with E-state index in [9.17, 15) is 10.1 Å². The molecule has 0 atom stereocenters. The normalized spacial score (nSPS) is 11.4. The molecule has 7 nitrogen and oxygen atoms in total. The van der Waals surface area contributed by atoms with Gasteiger partial charge in [0.05, 0.1) is 16.2 Å². The molecular weight excluding hydrogens is 398 g/mol. The Morgan fingerprint density at radius 2 is 1.85 bits per heavy atom. The van der Waals surface area contributed by atoms with Crippen LogP contribution in [-0.4, -0.2) is 19.7 Å². The van der Waals surface area contributed by atoms with E-state index in [0.717, 1.165) is 21.7 Å². The Balaban J connectivity index is 2.00. The highest BCUT2D eigenvalue weighted by molar-refractivity contribution is 9.10. The van der Waals surface area contributed by atoms with Crippen LogP contribution in [0.2, 0.25) is 0 Å². The van der Waals surface area contributed by atoms with Gasteiger partial charge in [-0.25, -0.2) is 9.67 Å². The molecular formula is C18H18BrN5O2. The second-order valence-electron chi connectivity index (χ2n) is 6.77. The van der Waals surface area contributed by atoms with Crippen molar-refractivity contribution in [3.05, 3.63) is 63.2 Å². The van der Waals surface area contributed by atoms with E-state index in [1.807, 2.05) is 28.9 Å². The van der Waals surface area contributed by atoms with Gasteiger partial charge in [-0.05, 0) is 61.0 Å². The van der Waals surface area contributed by atoms with Crippen LogP contribution in [0, 0.1) is 10.1 Å². The maximum absolute atomic E-state index is 10.8. The van der Waals surface area contributed by atoms with Crippen molar-refractivity contribution in [2.24, 2.45) is 0 Å². The average Bonchev–Trinajstić information content (AvgIpc) is 2.99. The maximum Gasteiger partial charge on any atom is 0.269 e. The molecule has 8 heteroatoms. The number of benzene rings is 1. The second-order valence-corrected chi connectivity index (χ2v) is 7.58. The molecule has 0 aliphatic heterocycles. The summed E-state index contributed by atoms with van der Waals surface area (Å²) in [6.45, 7) is 6.16. The van der Waals surface area contributed by atoms with Crippen LogP contribution in [0.1, 0.15) is 20.8 Å². The number of nitro benzene ring substituents is 1. The predicted molar refractivity (Wildman–Crippen MR) is 105 cm³/mol. The summed E-state index contributed by atoms with van der Waals surface area (Å²) in [7, 11) is 0. The van der Waals surface area contributed by atoms with Gasteiger partial charge in [-0.1, -0.05) is 6.07 Å². The monoisotopic (exact) mass is 415 g/mol. The smallest absolute Gasteiger partial charge is 0.269 e. The Hall–Kier alpha value is -2.74. The van der Waals surface area contributed by atoms with Crippen LogP contribution in [0.15, 0.2) is 53.1 Å². The van der Waals surface area contributed by atoms with Crippen LogP contribution < -0.4 is 5.32 Å². The molecule has 3 aromatic rings. The number of non-ortho nitro benzene ring substituents is 1. The van der Waals surface area contributed by atoms with E-state index in [0.29, 0.717) is 5.82 Å². The van der Waals surface area contributed by atoms with Crippen molar-refractivity contribution < 1.29 is 4.92 Å². The maximum atomic E-state index is 10.8.